The molecular formula is C8H17NO. The Bertz CT molecular complexity index is 101. The molecular weight excluding hydrogens is 126 g/mol. The Morgan fingerprint density at radius 2 is 2.20 bits per heavy atom. The largest absolute Gasteiger partial charge is 0.391 e. The Balaban J connectivity index is 2.17. The van der Waals surface area contributed by atoms with Gasteiger partial charge in [0.1, 0.15) is 0 Å². The Labute approximate surface area is 62.4 Å². The Morgan fingerprint density at radius 3 is 2.60 bits per heavy atom. The van der Waals surface area contributed by atoms with Crippen LogP contribution in [0.1, 0.15) is 32.6 Å². The third kappa shape index (κ3) is 1.96. The summed E-state index contributed by atoms with van der Waals surface area (Å²) in [6.45, 7) is 2.10. The molecule has 2 nitrogen and oxygen atoms in total. The lowest BCUT2D eigenvalue weighted by Gasteiger charge is -2.16. The monoisotopic (exact) mass is 143 g/mol. The van der Waals surface area contributed by atoms with E-state index in [1.54, 1.807) is 0 Å². The summed E-state index contributed by atoms with van der Waals surface area (Å²) >= 11 is 0. The second-order valence-corrected chi connectivity index (χ2v) is 3.28. The molecule has 0 aromatic heterocycles. The van der Waals surface area contributed by atoms with Gasteiger partial charge in [0.2, 0.25) is 0 Å². The second kappa shape index (κ2) is 3.35. The number of hydrogen-bond donors (Lipinski definition) is 2. The molecule has 1 aliphatic rings. The first kappa shape index (κ1) is 8.02. The zero-order chi connectivity index (χ0) is 7.56. The molecule has 0 saturated heterocycles. The van der Waals surface area contributed by atoms with Gasteiger partial charge in [-0.3, -0.25) is 0 Å². The zero-order valence-corrected chi connectivity index (χ0v) is 6.59. The molecule has 2 heteroatoms. The molecule has 0 aromatic carbocycles. The summed E-state index contributed by atoms with van der Waals surface area (Å²) in [7, 11) is 0. The van der Waals surface area contributed by atoms with E-state index >= 15 is 0 Å². The average molecular weight is 143 g/mol. The van der Waals surface area contributed by atoms with E-state index in [9.17, 15) is 5.11 Å². The van der Waals surface area contributed by atoms with Crippen LogP contribution in [0.4, 0.5) is 0 Å². The van der Waals surface area contributed by atoms with Crippen LogP contribution in [0.15, 0.2) is 0 Å². The second-order valence-electron chi connectivity index (χ2n) is 3.28. The molecule has 0 bridgehead atoms. The molecule has 0 amide bonds. The van der Waals surface area contributed by atoms with Crippen molar-refractivity contribution < 1.29 is 5.11 Å². The number of aliphatic hydroxyl groups excluding tert-OH is 1. The van der Waals surface area contributed by atoms with Gasteiger partial charge in [-0.15, -0.1) is 0 Å². The molecule has 60 valence electrons. The van der Waals surface area contributed by atoms with Crippen molar-refractivity contribution in [2.24, 2.45) is 11.7 Å². The molecule has 0 radical (unpaired) electrons. The molecule has 2 atom stereocenters. The predicted octanol–water partition coefficient (Wildman–Crippen LogP) is 0.885. The van der Waals surface area contributed by atoms with Gasteiger partial charge < -0.3 is 10.8 Å². The fourth-order valence-corrected chi connectivity index (χ4v) is 1.29. The molecule has 0 spiro atoms. The summed E-state index contributed by atoms with van der Waals surface area (Å²) in [6, 6.07) is 0.0255. The highest BCUT2D eigenvalue weighted by Crippen LogP contribution is 2.34. The van der Waals surface area contributed by atoms with Crippen LogP contribution < -0.4 is 5.73 Å². The standard InChI is InChI=1S/C8H17NO/c1-2-3-7(9)8(10)6-4-5-6/h6-8,10H,2-5,9H2,1H3. The minimum atomic E-state index is -0.222. The third-order valence-corrected chi connectivity index (χ3v) is 2.17. The van der Waals surface area contributed by atoms with E-state index in [-0.39, 0.29) is 12.1 Å². The lowest BCUT2D eigenvalue weighted by atomic mass is 10.0. The highest BCUT2D eigenvalue weighted by Gasteiger charge is 2.32. The van der Waals surface area contributed by atoms with E-state index < -0.39 is 0 Å². The van der Waals surface area contributed by atoms with Crippen molar-refractivity contribution in [1.29, 1.82) is 0 Å². The Hall–Kier alpha value is -0.0800. The molecule has 1 saturated carbocycles. The van der Waals surface area contributed by atoms with Gasteiger partial charge in [0, 0.05) is 6.04 Å². The minimum Gasteiger partial charge on any atom is -0.391 e. The summed E-state index contributed by atoms with van der Waals surface area (Å²) in [5.41, 5.74) is 5.72. The molecule has 0 aliphatic heterocycles. The van der Waals surface area contributed by atoms with E-state index in [1.165, 1.54) is 12.8 Å². The molecule has 3 N–H and O–H groups in total. The normalized spacial score (nSPS) is 24.3. The molecule has 1 aliphatic carbocycles. The van der Waals surface area contributed by atoms with E-state index in [2.05, 4.69) is 6.92 Å². The van der Waals surface area contributed by atoms with Crippen molar-refractivity contribution in [2.75, 3.05) is 0 Å². The maximum absolute atomic E-state index is 9.46. The van der Waals surface area contributed by atoms with Crippen molar-refractivity contribution in [3.05, 3.63) is 0 Å². The highest BCUT2D eigenvalue weighted by atomic mass is 16.3. The summed E-state index contributed by atoms with van der Waals surface area (Å²) < 4.78 is 0. The highest BCUT2D eigenvalue weighted by molar-refractivity contribution is 4.86. The lowest BCUT2D eigenvalue weighted by Crippen LogP contribution is -2.35. The van der Waals surface area contributed by atoms with Gasteiger partial charge >= 0.3 is 0 Å². The van der Waals surface area contributed by atoms with Crippen LogP contribution in [0.2, 0.25) is 0 Å². The molecule has 1 rings (SSSR count). The summed E-state index contributed by atoms with van der Waals surface area (Å²) in [5.74, 6) is 0.529. The molecule has 0 aromatic rings. The zero-order valence-electron chi connectivity index (χ0n) is 6.59. The van der Waals surface area contributed by atoms with Gasteiger partial charge in [-0.1, -0.05) is 13.3 Å². The van der Waals surface area contributed by atoms with Gasteiger partial charge in [0.15, 0.2) is 0 Å². The average Bonchev–Trinajstić information content (AvgIpc) is 2.68. The van der Waals surface area contributed by atoms with E-state index in [1.807, 2.05) is 0 Å². The van der Waals surface area contributed by atoms with Gasteiger partial charge in [0.05, 0.1) is 6.10 Å². The quantitative estimate of drug-likeness (QED) is 0.613. The smallest absolute Gasteiger partial charge is 0.0719 e. The lowest BCUT2D eigenvalue weighted by molar-refractivity contribution is 0.118. The van der Waals surface area contributed by atoms with Gasteiger partial charge in [0.25, 0.3) is 0 Å². The van der Waals surface area contributed by atoms with Crippen LogP contribution in [-0.4, -0.2) is 17.3 Å². The van der Waals surface area contributed by atoms with Crippen LogP contribution in [0.3, 0.4) is 0 Å². The maximum Gasteiger partial charge on any atom is 0.0719 e. The first-order chi connectivity index (χ1) is 4.75. The fourth-order valence-electron chi connectivity index (χ4n) is 1.29. The van der Waals surface area contributed by atoms with E-state index in [4.69, 9.17) is 5.73 Å². The Kier molecular flexibility index (Phi) is 2.69. The van der Waals surface area contributed by atoms with Crippen molar-refractivity contribution in [2.45, 2.75) is 44.8 Å². The Morgan fingerprint density at radius 1 is 1.60 bits per heavy atom. The van der Waals surface area contributed by atoms with Gasteiger partial charge in [-0.25, -0.2) is 0 Å². The molecule has 2 unspecified atom stereocenters. The van der Waals surface area contributed by atoms with Crippen molar-refractivity contribution in [3.63, 3.8) is 0 Å². The molecule has 1 fully saturated rings. The SMILES string of the molecule is CCCC(N)C(O)C1CC1. The molecule has 10 heavy (non-hydrogen) atoms. The van der Waals surface area contributed by atoms with Crippen molar-refractivity contribution >= 4 is 0 Å². The maximum atomic E-state index is 9.46. The third-order valence-electron chi connectivity index (χ3n) is 2.17. The number of rotatable bonds is 4. The van der Waals surface area contributed by atoms with E-state index in [0.29, 0.717) is 5.92 Å². The number of hydrogen-bond acceptors (Lipinski definition) is 2. The fraction of sp³-hybridized carbons (Fsp3) is 1.00. The predicted molar refractivity (Wildman–Crippen MR) is 41.6 cm³/mol. The minimum absolute atomic E-state index is 0.0255. The first-order valence-corrected chi connectivity index (χ1v) is 4.19. The number of aliphatic hydroxyl groups is 1. The van der Waals surface area contributed by atoms with Crippen LogP contribution in [0.25, 0.3) is 0 Å². The van der Waals surface area contributed by atoms with Crippen molar-refractivity contribution in [1.82, 2.24) is 0 Å². The van der Waals surface area contributed by atoms with Crippen LogP contribution >= 0.6 is 0 Å². The summed E-state index contributed by atoms with van der Waals surface area (Å²) in [5, 5.41) is 9.46. The van der Waals surface area contributed by atoms with Crippen LogP contribution in [0, 0.1) is 5.92 Å². The summed E-state index contributed by atoms with van der Waals surface area (Å²) in [6.07, 6.45) is 4.17. The van der Waals surface area contributed by atoms with Crippen LogP contribution in [-0.2, 0) is 0 Å². The summed E-state index contributed by atoms with van der Waals surface area (Å²) in [4.78, 5) is 0. The van der Waals surface area contributed by atoms with Crippen LogP contribution in [0.5, 0.6) is 0 Å². The van der Waals surface area contributed by atoms with Gasteiger partial charge in [-0.05, 0) is 25.2 Å². The topological polar surface area (TPSA) is 46.2 Å². The first-order valence-electron chi connectivity index (χ1n) is 4.19. The number of nitrogens with two attached hydrogens (primary N) is 1. The van der Waals surface area contributed by atoms with Crippen molar-refractivity contribution in [3.8, 4) is 0 Å². The van der Waals surface area contributed by atoms with Gasteiger partial charge in [-0.2, -0.15) is 0 Å². The molecule has 0 heterocycles. The van der Waals surface area contributed by atoms with E-state index in [0.717, 1.165) is 12.8 Å².